The predicted molar refractivity (Wildman–Crippen MR) is 101 cm³/mol. The van der Waals surface area contributed by atoms with Crippen LogP contribution in [0.4, 0.5) is 0 Å². The first-order chi connectivity index (χ1) is 12.9. The fourth-order valence-electron chi connectivity index (χ4n) is 3.04. The van der Waals surface area contributed by atoms with Crippen molar-refractivity contribution in [3.05, 3.63) is 69.3 Å². The van der Waals surface area contributed by atoms with E-state index in [2.05, 4.69) is 10.1 Å². The van der Waals surface area contributed by atoms with Crippen LogP contribution >= 0.6 is 11.6 Å². The largest absolute Gasteiger partial charge is 0.487 e. The van der Waals surface area contributed by atoms with Crippen molar-refractivity contribution in [1.29, 1.82) is 0 Å². The second kappa shape index (κ2) is 6.59. The Balaban J connectivity index is 1.77. The third kappa shape index (κ3) is 3.10. The van der Waals surface area contributed by atoms with Crippen LogP contribution in [-0.2, 0) is 13.7 Å². The van der Waals surface area contributed by atoms with Crippen molar-refractivity contribution in [3.63, 3.8) is 0 Å². The van der Waals surface area contributed by atoms with Crippen molar-refractivity contribution in [2.75, 3.05) is 0 Å². The Labute approximate surface area is 159 Å². The molecule has 0 saturated heterocycles. The molecular formula is C19H17ClN4O3. The molecule has 0 unspecified atom stereocenters. The molecule has 0 radical (unpaired) electrons. The smallest absolute Gasteiger partial charge is 0.333 e. The number of aromatic nitrogens is 4. The highest BCUT2D eigenvalue weighted by molar-refractivity contribution is 6.30. The van der Waals surface area contributed by atoms with Crippen molar-refractivity contribution < 1.29 is 9.26 Å². The van der Waals surface area contributed by atoms with Gasteiger partial charge < -0.3 is 13.8 Å². The van der Waals surface area contributed by atoms with Crippen LogP contribution in [0.1, 0.15) is 17.1 Å². The van der Waals surface area contributed by atoms with Gasteiger partial charge in [0.05, 0.1) is 17.0 Å². The van der Waals surface area contributed by atoms with Crippen LogP contribution in [0, 0.1) is 13.8 Å². The number of ether oxygens (including phenoxy) is 1. The summed E-state index contributed by atoms with van der Waals surface area (Å²) in [5.74, 6) is 1.35. The number of imidazole rings is 1. The zero-order valence-electron chi connectivity index (χ0n) is 15.1. The number of fused-ring (bicyclic) bond motifs is 1. The summed E-state index contributed by atoms with van der Waals surface area (Å²) >= 11 is 5.89. The lowest BCUT2D eigenvalue weighted by Gasteiger charge is -2.06. The van der Waals surface area contributed by atoms with Gasteiger partial charge in [0.25, 0.3) is 0 Å². The predicted octanol–water partition coefficient (Wildman–Crippen LogP) is 3.54. The van der Waals surface area contributed by atoms with Crippen LogP contribution in [0.3, 0.4) is 0 Å². The summed E-state index contributed by atoms with van der Waals surface area (Å²) in [5, 5.41) is 4.65. The lowest BCUT2D eigenvalue weighted by atomic mass is 10.1. The minimum absolute atomic E-state index is 0.189. The van der Waals surface area contributed by atoms with Gasteiger partial charge in [-0.15, -0.1) is 0 Å². The number of hydrogen-bond donors (Lipinski definition) is 0. The molecule has 1 aromatic carbocycles. The van der Waals surface area contributed by atoms with Crippen molar-refractivity contribution in [2.24, 2.45) is 7.05 Å². The maximum absolute atomic E-state index is 12.5. The molecule has 0 spiro atoms. The maximum atomic E-state index is 12.5. The third-order valence-electron chi connectivity index (χ3n) is 4.33. The zero-order chi connectivity index (χ0) is 19.1. The molecule has 0 aliphatic heterocycles. The summed E-state index contributed by atoms with van der Waals surface area (Å²) in [5.41, 5.74) is 3.36. The van der Waals surface area contributed by atoms with Gasteiger partial charge in [0, 0.05) is 30.0 Å². The van der Waals surface area contributed by atoms with E-state index in [1.165, 1.54) is 8.97 Å². The molecule has 3 aromatic heterocycles. The second-order valence-corrected chi connectivity index (χ2v) is 6.74. The van der Waals surface area contributed by atoms with Crippen LogP contribution in [0.2, 0.25) is 5.02 Å². The molecule has 8 heteroatoms. The highest BCUT2D eigenvalue weighted by atomic mass is 35.5. The fraction of sp³-hybridized carbons (Fsp3) is 0.211. The van der Waals surface area contributed by atoms with Crippen molar-refractivity contribution in [3.8, 4) is 16.9 Å². The highest BCUT2D eigenvalue weighted by Gasteiger charge is 2.19. The molecule has 0 bridgehead atoms. The SMILES string of the molecule is Cc1noc(C)c1-c1cn(C)c(=O)n2cc(COc3ccc(Cl)cc3)nc12. The summed E-state index contributed by atoms with van der Waals surface area (Å²) in [6.07, 6.45) is 3.44. The third-order valence-corrected chi connectivity index (χ3v) is 4.58. The summed E-state index contributed by atoms with van der Waals surface area (Å²) in [6.45, 7) is 3.93. The van der Waals surface area contributed by atoms with Gasteiger partial charge in [-0.3, -0.25) is 4.40 Å². The van der Waals surface area contributed by atoms with Gasteiger partial charge in [-0.2, -0.15) is 0 Å². The number of hydrogen-bond acceptors (Lipinski definition) is 5. The summed E-state index contributed by atoms with van der Waals surface area (Å²) in [7, 11) is 1.70. The van der Waals surface area contributed by atoms with Gasteiger partial charge in [0.2, 0.25) is 0 Å². The first-order valence-corrected chi connectivity index (χ1v) is 8.71. The number of aryl methyl sites for hydroxylation is 3. The molecule has 4 aromatic rings. The molecule has 0 saturated carbocycles. The van der Waals surface area contributed by atoms with Crippen LogP contribution in [0.5, 0.6) is 5.75 Å². The molecule has 0 aliphatic carbocycles. The van der Waals surface area contributed by atoms with Gasteiger partial charge in [-0.25, -0.2) is 9.78 Å². The Morgan fingerprint density at radius 3 is 2.59 bits per heavy atom. The van der Waals surface area contributed by atoms with Gasteiger partial charge in [-0.05, 0) is 38.1 Å². The standard InChI is InChI=1S/C19H17ClN4O3/c1-11-17(12(2)27-22-11)16-9-23(3)19(25)24-8-14(21-18(16)24)10-26-15-6-4-13(20)5-7-15/h4-9H,10H2,1-3H3. The van der Waals surface area contributed by atoms with E-state index in [0.29, 0.717) is 27.9 Å². The van der Waals surface area contributed by atoms with Crippen molar-refractivity contribution in [2.45, 2.75) is 20.5 Å². The average molecular weight is 385 g/mol. The van der Waals surface area contributed by atoms with Crippen LogP contribution in [0.15, 0.2) is 46.0 Å². The maximum Gasteiger partial charge on any atom is 0.333 e. The van der Waals surface area contributed by atoms with Gasteiger partial charge in [-0.1, -0.05) is 16.8 Å². The number of rotatable bonds is 4. The first kappa shape index (κ1) is 17.4. The topological polar surface area (TPSA) is 74.6 Å². The molecule has 27 heavy (non-hydrogen) atoms. The van der Waals surface area contributed by atoms with E-state index < -0.39 is 0 Å². The highest BCUT2D eigenvalue weighted by Crippen LogP contribution is 2.29. The Bertz CT molecular complexity index is 1170. The number of nitrogens with zero attached hydrogens (tertiary/aromatic N) is 4. The lowest BCUT2D eigenvalue weighted by Crippen LogP contribution is -2.23. The molecule has 0 fully saturated rings. The zero-order valence-corrected chi connectivity index (χ0v) is 15.8. The minimum Gasteiger partial charge on any atom is -0.487 e. The first-order valence-electron chi connectivity index (χ1n) is 8.33. The van der Waals surface area contributed by atoms with E-state index in [1.807, 2.05) is 13.8 Å². The van der Waals surface area contributed by atoms with E-state index in [-0.39, 0.29) is 12.3 Å². The van der Waals surface area contributed by atoms with E-state index in [9.17, 15) is 4.79 Å². The van der Waals surface area contributed by atoms with Crippen molar-refractivity contribution in [1.82, 2.24) is 19.1 Å². The van der Waals surface area contributed by atoms with Crippen LogP contribution in [-0.4, -0.2) is 19.1 Å². The average Bonchev–Trinajstić information content (AvgIpc) is 3.22. The van der Waals surface area contributed by atoms with Gasteiger partial charge in [0.1, 0.15) is 18.1 Å². The molecule has 0 N–H and O–H groups in total. The Morgan fingerprint density at radius 1 is 1.19 bits per heavy atom. The van der Waals surface area contributed by atoms with E-state index >= 15 is 0 Å². The molecule has 0 aliphatic rings. The lowest BCUT2D eigenvalue weighted by molar-refractivity contribution is 0.302. The van der Waals surface area contributed by atoms with Crippen molar-refractivity contribution >= 4 is 17.2 Å². The molecule has 0 atom stereocenters. The molecule has 7 nitrogen and oxygen atoms in total. The van der Waals surface area contributed by atoms with E-state index in [4.69, 9.17) is 20.9 Å². The fourth-order valence-corrected chi connectivity index (χ4v) is 3.17. The Morgan fingerprint density at radius 2 is 1.93 bits per heavy atom. The summed E-state index contributed by atoms with van der Waals surface area (Å²) < 4.78 is 14.1. The van der Waals surface area contributed by atoms with Gasteiger partial charge in [0.15, 0.2) is 5.65 Å². The molecule has 3 heterocycles. The van der Waals surface area contributed by atoms with Crippen LogP contribution in [0.25, 0.3) is 16.8 Å². The summed E-state index contributed by atoms with van der Waals surface area (Å²) in [4.78, 5) is 17.2. The number of benzene rings is 1. The monoisotopic (exact) mass is 384 g/mol. The molecule has 0 amide bonds. The quantitative estimate of drug-likeness (QED) is 0.538. The molecule has 4 rings (SSSR count). The molecule has 138 valence electrons. The van der Waals surface area contributed by atoms with Crippen LogP contribution < -0.4 is 10.4 Å². The normalized spacial score (nSPS) is 11.3. The number of halogens is 1. The minimum atomic E-state index is -0.189. The van der Waals surface area contributed by atoms with E-state index in [0.717, 1.165) is 16.8 Å². The summed E-state index contributed by atoms with van der Waals surface area (Å²) in [6, 6.07) is 7.08. The second-order valence-electron chi connectivity index (χ2n) is 6.30. The van der Waals surface area contributed by atoms with E-state index in [1.54, 1.807) is 43.7 Å². The van der Waals surface area contributed by atoms with Gasteiger partial charge >= 0.3 is 5.69 Å². The Kier molecular flexibility index (Phi) is 4.24. The molecular weight excluding hydrogens is 368 g/mol. The Hall–Kier alpha value is -3.06.